The van der Waals surface area contributed by atoms with Gasteiger partial charge >= 0.3 is 0 Å². The highest BCUT2D eigenvalue weighted by molar-refractivity contribution is 6.41. The van der Waals surface area contributed by atoms with Gasteiger partial charge in [-0.1, -0.05) is 18.2 Å². The van der Waals surface area contributed by atoms with Crippen LogP contribution in [-0.4, -0.2) is 29.9 Å². The van der Waals surface area contributed by atoms with Gasteiger partial charge in [-0.2, -0.15) is 0 Å². The summed E-state index contributed by atoms with van der Waals surface area (Å²) in [7, 11) is 0. The molecule has 13 heavy (non-hydrogen) atoms. The summed E-state index contributed by atoms with van der Waals surface area (Å²) in [5, 5.41) is -0.00122. The van der Waals surface area contributed by atoms with E-state index in [0.29, 0.717) is 13.1 Å². The van der Waals surface area contributed by atoms with Crippen LogP contribution in [0.25, 0.3) is 4.85 Å². The Kier molecular flexibility index (Phi) is 5.17. The molecule has 0 saturated heterocycles. The third-order valence-electron chi connectivity index (χ3n) is 1.72. The highest BCUT2D eigenvalue weighted by Gasteiger charge is 2.21. The number of hydrogen-bond donors (Lipinski definition) is 0. The molecule has 0 rings (SSSR count). The Morgan fingerprint density at radius 1 is 1.77 bits per heavy atom. The minimum absolute atomic E-state index is 0.00122. The van der Waals surface area contributed by atoms with Crippen molar-refractivity contribution >= 4 is 17.5 Å². The van der Waals surface area contributed by atoms with Crippen LogP contribution in [0.2, 0.25) is 0 Å². The molecule has 0 radical (unpaired) electrons. The van der Waals surface area contributed by atoms with E-state index in [9.17, 15) is 4.79 Å². The molecule has 0 saturated carbocycles. The molecule has 0 aromatic carbocycles. The minimum Gasteiger partial charge on any atom is -0.328 e. The van der Waals surface area contributed by atoms with E-state index in [1.165, 1.54) is 4.90 Å². The lowest BCUT2D eigenvalue weighted by atomic mass is 10.2. The lowest BCUT2D eigenvalue weighted by molar-refractivity contribution is -0.127. The number of halogens is 1. The summed E-state index contributed by atoms with van der Waals surface area (Å²) in [5.74, 6) is -0.291. The normalized spacial score (nSPS) is 11.5. The third kappa shape index (κ3) is 3.47. The summed E-state index contributed by atoms with van der Waals surface area (Å²) < 4.78 is 0. The zero-order valence-electron chi connectivity index (χ0n) is 7.88. The van der Waals surface area contributed by atoms with Gasteiger partial charge in [0, 0.05) is 6.54 Å². The smallest absolute Gasteiger partial charge is 0.265 e. The van der Waals surface area contributed by atoms with E-state index < -0.39 is 0 Å². The van der Waals surface area contributed by atoms with E-state index in [-0.39, 0.29) is 17.0 Å². The van der Waals surface area contributed by atoms with E-state index in [0.717, 1.165) is 0 Å². The van der Waals surface area contributed by atoms with Crippen LogP contribution >= 0.6 is 11.6 Å². The number of rotatable bonds is 4. The summed E-state index contributed by atoms with van der Waals surface area (Å²) in [4.78, 5) is 16.1. The fraction of sp³-hybridized carbons (Fsp3) is 0.556. The standard InChI is InChI=1S/C9H13ClN2O/c1-5-12(7(2)6-11-4)9(13)8(3)10/h7H,3,5-6H2,1-2H3/t7-/m1/s1. The zero-order valence-corrected chi connectivity index (χ0v) is 8.64. The maximum absolute atomic E-state index is 11.4. The van der Waals surface area contributed by atoms with Gasteiger partial charge in [0.25, 0.3) is 5.91 Å². The molecule has 0 unspecified atom stereocenters. The first kappa shape index (κ1) is 12.0. The number of nitrogens with zero attached hydrogens (tertiary/aromatic N) is 2. The van der Waals surface area contributed by atoms with Gasteiger partial charge in [0.1, 0.15) is 6.04 Å². The van der Waals surface area contributed by atoms with Crippen LogP contribution in [0.15, 0.2) is 11.6 Å². The molecule has 1 amide bonds. The molecular formula is C9H13ClN2O. The zero-order chi connectivity index (χ0) is 10.4. The van der Waals surface area contributed by atoms with Crippen LogP contribution in [0.4, 0.5) is 0 Å². The Morgan fingerprint density at radius 2 is 2.31 bits per heavy atom. The first-order valence-corrected chi connectivity index (χ1v) is 4.41. The highest BCUT2D eigenvalue weighted by Crippen LogP contribution is 2.08. The SMILES string of the molecule is [C-]#[N+]C[C@@H](C)N(CC)C(=O)C(=C)Cl. The van der Waals surface area contributed by atoms with E-state index in [4.69, 9.17) is 18.2 Å². The van der Waals surface area contributed by atoms with Crippen molar-refractivity contribution < 1.29 is 4.79 Å². The van der Waals surface area contributed by atoms with Crippen LogP contribution in [0, 0.1) is 6.57 Å². The van der Waals surface area contributed by atoms with Crippen LogP contribution in [-0.2, 0) is 4.79 Å². The van der Waals surface area contributed by atoms with Gasteiger partial charge in [0.05, 0.1) is 5.03 Å². The quantitative estimate of drug-likeness (QED) is 0.503. The van der Waals surface area contributed by atoms with Crippen molar-refractivity contribution in [1.29, 1.82) is 0 Å². The summed E-state index contributed by atoms with van der Waals surface area (Å²) >= 11 is 5.48. The van der Waals surface area contributed by atoms with Crippen LogP contribution in [0.3, 0.4) is 0 Å². The molecule has 0 aliphatic heterocycles. The van der Waals surface area contributed by atoms with Crippen LogP contribution in [0.5, 0.6) is 0 Å². The van der Waals surface area contributed by atoms with Crippen molar-refractivity contribution in [1.82, 2.24) is 4.90 Å². The first-order chi connectivity index (χ1) is 6.04. The molecule has 1 atom stereocenters. The number of likely N-dealkylation sites (N-methyl/N-ethyl adjacent to an activating group) is 1. The maximum Gasteiger partial charge on any atom is 0.265 e. The van der Waals surface area contributed by atoms with Gasteiger partial charge in [-0.25, -0.2) is 6.57 Å². The monoisotopic (exact) mass is 200 g/mol. The molecule has 0 N–H and O–H groups in total. The summed E-state index contributed by atoms with van der Waals surface area (Å²) in [5.41, 5.74) is 0. The van der Waals surface area contributed by atoms with Gasteiger partial charge in [-0.15, -0.1) is 0 Å². The lowest BCUT2D eigenvalue weighted by Crippen LogP contribution is -2.39. The molecule has 0 heterocycles. The van der Waals surface area contributed by atoms with Gasteiger partial charge in [0.15, 0.2) is 0 Å². The average molecular weight is 201 g/mol. The second-order valence-electron chi connectivity index (χ2n) is 2.69. The largest absolute Gasteiger partial charge is 0.328 e. The number of amides is 1. The Labute approximate surface area is 83.8 Å². The van der Waals surface area contributed by atoms with Gasteiger partial charge in [-0.3, -0.25) is 4.79 Å². The summed E-state index contributed by atoms with van der Waals surface area (Å²) in [6.45, 7) is 14.5. The third-order valence-corrected chi connectivity index (χ3v) is 1.88. The molecule has 4 heteroatoms. The van der Waals surface area contributed by atoms with Crippen LogP contribution in [0.1, 0.15) is 13.8 Å². The fourth-order valence-electron chi connectivity index (χ4n) is 1.04. The molecule has 3 nitrogen and oxygen atoms in total. The molecule has 0 aliphatic rings. The molecule has 0 fully saturated rings. The van der Waals surface area contributed by atoms with Crippen molar-refractivity contribution in [3.63, 3.8) is 0 Å². The van der Waals surface area contributed by atoms with Crippen molar-refractivity contribution in [2.24, 2.45) is 0 Å². The Morgan fingerprint density at radius 3 is 2.62 bits per heavy atom. The van der Waals surface area contributed by atoms with E-state index >= 15 is 0 Å². The van der Waals surface area contributed by atoms with Crippen molar-refractivity contribution in [2.75, 3.05) is 13.1 Å². The lowest BCUT2D eigenvalue weighted by Gasteiger charge is -2.23. The van der Waals surface area contributed by atoms with Crippen molar-refractivity contribution in [2.45, 2.75) is 19.9 Å². The second kappa shape index (κ2) is 5.60. The molecule has 72 valence electrons. The highest BCUT2D eigenvalue weighted by atomic mass is 35.5. The molecule has 0 aromatic heterocycles. The van der Waals surface area contributed by atoms with E-state index in [1.807, 2.05) is 13.8 Å². The van der Waals surface area contributed by atoms with Crippen LogP contribution < -0.4 is 0 Å². The average Bonchev–Trinajstić information content (AvgIpc) is 2.05. The van der Waals surface area contributed by atoms with Gasteiger partial charge < -0.3 is 9.74 Å². The predicted octanol–water partition coefficient (Wildman–Crippen LogP) is 1.90. The first-order valence-electron chi connectivity index (χ1n) is 4.03. The van der Waals surface area contributed by atoms with Gasteiger partial charge in [0.2, 0.25) is 6.54 Å². The molecule has 0 bridgehead atoms. The Hall–Kier alpha value is -1.01. The minimum atomic E-state index is -0.291. The second-order valence-corrected chi connectivity index (χ2v) is 3.14. The van der Waals surface area contributed by atoms with E-state index in [1.54, 1.807) is 0 Å². The van der Waals surface area contributed by atoms with Crippen molar-refractivity contribution in [3.05, 3.63) is 23.0 Å². The maximum atomic E-state index is 11.4. The van der Waals surface area contributed by atoms with Crippen molar-refractivity contribution in [3.8, 4) is 0 Å². The topological polar surface area (TPSA) is 24.7 Å². The Bertz CT molecular complexity index is 244. The number of hydrogen-bond acceptors (Lipinski definition) is 1. The number of carbonyl (C=O) groups is 1. The summed E-state index contributed by atoms with van der Waals surface area (Å²) in [6, 6.07) is -0.106. The van der Waals surface area contributed by atoms with E-state index in [2.05, 4.69) is 11.4 Å². The number of carbonyl (C=O) groups excluding carboxylic acids is 1. The fourth-order valence-corrected chi connectivity index (χ4v) is 1.15. The predicted molar refractivity (Wildman–Crippen MR) is 53.3 cm³/mol. The molecular weight excluding hydrogens is 188 g/mol. The molecule has 0 aromatic rings. The summed E-state index contributed by atoms with van der Waals surface area (Å²) in [6.07, 6.45) is 0. The molecule has 0 spiro atoms. The molecule has 0 aliphatic carbocycles. The van der Waals surface area contributed by atoms with Gasteiger partial charge in [-0.05, 0) is 13.8 Å². The Balaban J connectivity index is 4.42.